The number of hydrogen-bond donors (Lipinski definition) is 1. The van der Waals surface area contributed by atoms with Crippen molar-refractivity contribution in [2.24, 2.45) is 0 Å². The second kappa shape index (κ2) is 7.73. The Balaban J connectivity index is 3.16. The predicted octanol–water partition coefficient (Wildman–Crippen LogP) is 2.53. The zero-order chi connectivity index (χ0) is 16.0. The third-order valence-corrected chi connectivity index (χ3v) is 3.50. The van der Waals surface area contributed by atoms with Gasteiger partial charge in [0.15, 0.2) is 0 Å². The summed E-state index contributed by atoms with van der Waals surface area (Å²) in [6.45, 7) is 5.77. The summed E-state index contributed by atoms with van der Waals surface area (Å²) in [4.78, 5) is 24.6. The number of nitro groups is 1. The van der Waals surface area contributed by atoms with E-state index >= 15 is 0 Å². The maximum absolute atomic E-state index is 12.6. The molecule has 21 heavy (non-hydrogen) atoms. The molecule has 0 aromatic heterocycles. The second-order valence-corrected chi connectivity index (χ2v) is 5.01. The monoisotopic (exact) mass is 294 g/mol. The summed E-state index contributed by atoms with van der Waals surface area (Å²) in [6, 6.07) is 4.39. The fourth-order valence-electron chi connectivity index (χ4n) is 2.44. The number of aliphatic hydroxyl groups excluding tert-OH is 1. The van der Waals surface area contributed by atoms with E-state index in [1.54, 1.807) is 17.9 Å². The fraction of sp³-hybridized carbons (Fsp3) is 0.533. The van der Waals surface area contributed by atoms with Crippen LogP contribution in [0.2, 0.25) is 0 Å². The molecular formula is C15H22N2O4. The molecule has 0 saturated carbocycles. The highest BCUT2D eigenvalue weighted by Gasteiger charge is 2.23. The summed E-state index contributed by atoms with van der Waals surface area (Å²) in [7, 11) is 0. The van der Waals surface area contributed by atoms with Crippen molar-refractivity contribution in [3.63, 3.8) is 0 Å². The number of non-ortho nitro benzene ring substituents is 1. The van der Waals surface area contributed by atoms with Gasteiger partial charge in [-0.3, -0.25) is 14.9 Å². The van der Waals surface area contributed by atoms with Crippen LogP contribution in [-0.2, 0) is 0 Å². The number of nitrogens with zero attached hydrogens (tertiary/aromatic N) is 2. The highest BCUT2D eigenvalue weighted by molar-refractivity contribution is 5.95. The minimum absolute atomic E-state index is 0.0178. The Hall–Kier alpha value is -1.95. The first-order chi connectivity index (χ1) is 9.94. The van der Waals surface area contributed by atoms with E-state index in [4.69, 9.17) is 5.11 Å². The number of aryl methyl sites for hydroxylation is 1. The summed E-state index contributed by atoms with van der Waals surface area (Å²) in [5, 5.41) is 20.1. The van der Waals surface area contributed by atoms with Gasteiger partial charge in [-0.2, -0.15) is 0 Å². The van der Waals surface area contributed by atoms with Gasteiger partial charge < -0.3 is 10.0 Å². The van der Waals surface area contributed by atoms with Crippen LogP contribution in [0.15, 0.2) is 18.2 Å². The third-order valence-electron chi connectivity index (χ3n) is 3.50. The summed E-state index contributed by atoms with van der Waals surface area (Å²) in [5.41, 5.74) is 0.870. The Labute approximate surface area is 124 Å². The van der Waals surface area contributed by atoms with Crippen molar-refractivity contribution in [3.05, 3.63) is 39.4 Å². The summed E-state index contributed by atoms with van der Waals surface area (Å²) in [6.07, 6.45) is 1.55. The van der Waals surface area contributed by atoms with E-state index < -0.39 is 4.92 Å². The van der Waals surface area contributed by atoms with Crippen LogP contribution in [0.4, 0.5) is 5.69 Å². The smallest absolute Gasteiger partial charge is 0.270 e. The van der Waals surface area contributed by atoms with E-state index in [-0.39, 0.29) is 30.8 Å². The topological polar surface area (TPSA) is 83.7 Å². The van der Waals surface area contributed by atoms with Gasteiger partial charge in [0.2, 0.25) is 0 Å². The van der Waals surface area contributed by atoms with Crippen LogP contribution in [-0.4, -0.2) is 40.0 Å². The number of carbonyl (C=O) groups is 1. The van der Waals surface area contributed by atoms with Gasteiger partial charge in [0, 0.05) is 30.3 Å². The minimum Gasteiger partial charge on any atom is -0.395 e. The van der Waals surface area contributed by atoms with E-state index in [1.807, 2.05) is 13.8 Å². The van der Waals surface area contributed by atoms with Gasteiger partial charge in [-0.1, -0.05) is 13.8 Å². The molecule has 1 rings (SSSR count). The number of benzene rings is 1. The quantitative estimate of drug-likeness (QED) is 0.618. The molecule has 0 atom stereocenters. The first-order valence-corrected chi connectivity index (χ1v) is 7.12. The molecular weight excluding hydrogens is 272 g/mol. The lowest BCUT2D eigenvalue weighted by atomic mass is 10.1. The molecule has 0 spiro atoms. The first kappa shape index (κ1) is 17.1. The normalized spacial score (nSPS) is 10.7. The van der Waals surface area contributed by atoms with Crippen molar-refractivity contribution >= 4 is 11.6 Å². The molecule has 0 unspecified atom stereocenters. The number of amides is 1. The Morgan fingerprint density at radius 2 is 1.95 bits per heavy atom. The lowest BCUT2D eigenvalue weighted by Gasteiger charge is -2.30. The van der Waals surface area contributed by atoms with E-state index in [0.717, 1.165) is 12.8 Å². The zero-order valence-corrected chi connectivity index (χ0v) is 12.7. The Morgan fingerprint density at radius 1 is 1.33 bits per heavy atom. The molecule has 0 heterocycles. The van der Waals surface area contributed by atoms with Crippen molar-refractivity contribution in [2.75, 3.05) is 13.2 Å². The van der Waals surface area contributed by atoms with Gasteiger partial charge in [-0.25, -0.2) is 0 Å². The maximum atomic E-state index is 12.6. The van der Waals surface area contributed by atoms with Gasteiger partial charge in [-0.05, 0) is 31.4 Å². The number of rotatable bonds is 7. The first-order valence-electron chi connectivity index (χ1n) is 7.12. The fourth-order valence-corrected chi connectivity index (χ4v) is 2.44. The number of carbonyl (C=O) groups excluding carboxylic acids is 1. The largest absolute Gasteiger partial charge is 0.395 e. The molecule has 1 aromatic rings. The predicted molar refractivity (Wildman–Crippen MR) is 80.3 cm³/mol. The Kier molecular flexibility index (Phi) is 6.30. The lowest BCUT2D eigenvalue weighted by Crippen LogP contribution is -2.41. The van der Waals surface area contributed by atoms with Gasteiger partial charge in [0.1, 0.15) is 0 Å². The van der Waals surface area contributed by atoms with Crippen molar-refractivity contribution in [2.45, 2.75) is 39.7 Å². The third kappa shape index (κ3) is 4.26. The average molecular weight is 294 g/mol. The number of hydrogen-bond acceptors (Lipinski definition) is 4. The van der Waals surface area contributed by atoms with Crippen LogP contribution in [0.1, 0.15) is 42.6 Å². The van der Waals surface area contributed by atoms with Crippen LogP contribution in [0.5, 0.6) is 0 Å². The van der Waals surface area contributed by atoms with Crippen molar-refractivity contribution in [1.29, 1.82) is 0 Å². The van der Waals surface area contributed by atoms with Crippen LogP contribution in [0, 0.1) is 17.0 Å². The summed E-state index contributed by atoms with van der Waals surface area (Å²) in [5.74, 6) is -0.274. The van der Waals surface area contributed by atoms with Gasteiger partial charge in [0.25, 0.3) is 11.6 Å². The van der Waals surface area contributed by atoms with Crippen LogP contribution in [0.25, 0.3) is 0 Å². The van der Waals surface area contributed by atoms with E-state index in [2.05, 4.69) is 0 Å². The van der Waals surface area contributed by atoms with Crippen LogP contribution in [0.3, 0.4) is 0 Å². The number of aliphatic hydroxyl groups is 1. The minimum atomic E-state index is -0.503. The standard InChI is InChI=1S/C15H22N2O4/c1-4-13(5-2)16(6-7-18)15(19)12-8-11(3)9-14(10-12)17(20)21/h8-10,13,18H,4-7H2,1-3H3. The van der Waals surface area contributed by atoms with Gasteiger partial charge in [0.05, 0.1) is 11.5 Å². The lowest BCUT2D eigenvalue weighted by molar-refractivity contribution is -0.384. The highest BCUT2D eigenvalue weighted by atomic mass is 16.6. The SMILES string of the molecule is CCC(CC)N(CCO)C(=O)c1cc(C)cc([N+](=O)[O-])c1. The van der Waals surface area contributed by atoms with Crippen molar-refractivity contribution in [1.82, 2.24) is 4.90 Å². The Bertz CT molecular complexity index is 512. The van der Waals surface area contributed by atoms with Gasteiger partial charge >= 0.3 is 0 Å². The highest BCUT2D eigenvalue weighted by Crippen LogP contribution is 2.20. The molecule has 0 aliphatic carbocycles. The zero-order valence-electron chi connectivity index (χ0n) is 12.7. The Morgan fingerprint density at radius 3 is 2.43 bits per heavy atom. The molecule has 0 aliphatic heterocycles. The van der Waals surface area contributed by atoms with Crippen LogP contribution < -0.4 is 0 Å². The second-order valence-electron chi connectivity index (χ2n) is 5.01. The molecule has 1 N–H and O–H groups in total. The van der Waals surface area contributed by atoms with E-state index in [9.17, 15) is 14.9 Å². The molecule has 0 fully saturated rings. The molecule has 6 heteroatoms. The van der Waals surface area contributed by atoms with E-state index in [0.29, 0.717) is 11.1 Å². The molecule has 0 radical (unpaired) electrons. The molecule has 0 saturated heterocycles. The van der Waals surface area contributed by atoms with E-state index in [1.165, 1.54) is 12.1 Å². The molecule has 116 valence electrons. The van der Waals surface area contributed by atoms with Crippen molar-refractivity contribution in [3.8, 4) is 0 Å². The molecule has 1 aromatic carbocycles. The number of nitro benzene ring substituents is 1. The molecule has 0 aliphatic rings. The average Bonchev–Trinajstić information content (AvgIpc) is 2.46. The molecule has 1 amide bonds. The maximum Gasteiger partial charge on any atom is 0.270 e. The molecule has 6 nitrogen and oxygen atoms in total. The van der Waals surface area contributed by atoms with Crippen molar-refractivity contribution < 1.29 is 14.8 Å². The summed E-state index contributed by atoms with van der Waals surface area (Å²) < 4.78 is 0. The summed E-state index contributed by atoms with van der Waals surface area (Å²) >= 11 is 0. The van der Waals surface area contributed by atoms with Gasteiger partial charge in [-0.15, -0.1) is 0 Å². The van der Waals surface area contributed by atoms with Crippen LogP contribution >= 0.6 is 0 Å². The molecule has 0 bridgehead atoms.